The first-order valence-corrected chi connectivity index (χ1v) is 10.2. The molecule has 2 aromatic heterocycles. The Morgan fingerprint density at radius 2 is 1.85 bits per heavy atom. The van der Waals surface area contributed by atoms with Gasteiger partial charge in [0, 0.05) is 16.6 Å². The van der Waals surface area contributed by atoms with E-state index >= 15 is 0 Å². The summed E-state index contributed by atoms with van der Waals surface area (Å²) in [5.41, 5.74) is 9.92. The van der Waals surface area contributed by atoms with Crippen LogP contribution in [0.3, 0.4) is 0 Å². The Balaban J connectivity index is 1.56. The Bertz CT molecular complexity index is 1060. The molecule has 0 amide bonds. The first-order valence-electron chi connectivity index (χ1n) is 9.36. The highest BCUT2D eigenvalue weighted by molar-refractivity contribution is 7.21. The van der Waals surface area contributed by atoms with Gasteiger partial charge in [0.1, 0.15) is 22.9 Å². The normalized spacial score (nSPS) is 16.0. The third kappa shape index (κ3) is 2.84. The quantitative estimate of drug-likeness (QED) is 0.534. The van der Waals surface area contributed by atoms with Crippen molar-refractivity contribution < 1.29 is 14.3 Å². The number of hydrogen-bond acceptors (Lipinski definition) is 6. The Morgan fingerprint density at radius 1 is 1.04 bits per heavy atom. The average Bonchev–Trinajstić information content (AvgIpc) is 2.87. The minimum Gasteiger partial charge on any atom is -0.486 e. The summed E-state index contributed by atoms with van der Waals surface area (Å²) in [6.45, 7) is 1.02. The molecule has 5 nitrogen and oxygen atoms in total. The van der Waals surface area contributed by atoms with Crippen molar-refractivity contribution in [3.63, 3.8) is 0 Å². The number of anilines is 1. The molecule has 1 aromatic carbocycles. The van der Waals surface area contributed by atoms with E-state index in [2.05, 4.69) is 6.07 Å². The zero-order valence-corrected chi connectivity index (χ0v) is 15.7. The number of aromatic nitrogens is 1. The molecule has 0 saturated carbocycles. The molecule has 1 aliphatic carbocycles. The van der Waals surface area contributed by atoms with Crippen molar-refractivity contribution in [3.05, 3.63) is 46.0 Å². The number of benzene rings is 1. The van der Waals surface area contributed by atoms with Crippen LogP contribution >= 0.6 is 11.3 Å². The second kappa shape index (κ2) is 6.53. The molecule has 0 radical (unpaired) electrons. The van der Waals surface area contributed by atoms with E-state index in [-0.39, 0.29) is 5.78 Å². The van der Waals surface area contributed by atoms with E-state index in [4.69, 9.17) is 20.2 Å². The minimum atomic E-state index is -0.0948. The largest absolute Gasteiger partial charge is 0.486 e. The number of nitrogens with zero attached hydrogens (tertiary/aromatic N) is 1. The van der Waals surface area contributed by atoms with E-state index in [1.807, 2.05) is 0 Å². The van der Waals surface area contributed by atoms with Gasteiger partial charge in [0.05, 0.1) is 5.69 Å². The standard InChI is InChI=1S/C21H20N2O3S/c22-18-14-10-12-4-2-1-3-5-15(12)23-21(14)27-20(18)19(24)13-6-7-16-17(11-13)26-9-8-25-16/h6-7,10-11H,1-5,8-9,22H2. The maximum Gasteiger partial charge on any atom is 0.205 e. The highest BCUT2D eigenvalue weighted by Crippen LogP contribution is 2.38. The molecule has 0 fully saturated rings. The number of carbonyl (C=O) groups is 1. The van der Waals surface area contributed by atoms with Gasteiger partial charge in [-0.15, -0.1) is 11.3 Å². The Morgan fingerprint density at radius 3 is 2.74 bits per heavy atom. The third-order valence-corrected chi connectivity index (χ3v) is 6.37. The molecule has 0 bridgehead atoms. The fourth-order valence-electron chi connectivity index (χ4n) is 3.82. The van der Waals surface area contributed by atoms with Gasteiger partial charge < -0.3 is 15.2 Å². The summed E-state index contributed by atoms with van der Waals surface area (Å²) in [6.07, 6.45) is 5.66. The van der Waals surface area contributed by atoms with Crippen molar-refractivity contribution in [3.8, 4) is 11.5 Å². The van der Waals surface area contributed by atoms with Crippen LogP contribution in [-0.2, 0) is 12.8 Å². The number of nitrogen functional groups attached to an aromatic ring is 1. The number of fused-ring (bicyclic) bond motifs is 3. The molecule has 2 N–H and O–H groups in total. The maximum absolute atomic E-state index is 13.1. The number of ketones is 1. The Labute approximate surface area is 161 Å². The smallest absolute Gasteiger partial charge is 0.205 e. The lowest BCUT2D eigenvalue weighted by molar-refractivity contribution is 0.104. The molecule has 3 aromatic rings. The fourth-order valence-corrected chi connectivity index (χ4v) is 4.88. The Hall–Kier alpha value is -2.60. The summed E-state index contributed by atoms with van der Waals surface area (Å²) in [7, 11) is 0. The molecule has 0 atom stereocenters. The van der Waals surface area contributed by atoms with Crippen LogP contribution in [0.4, 0.5) is 5.69 Å². The van der Waals surface area contributed by atoms with Crippen molar-refractivity contribution in [2.45, 2.75) is 32.1 Å². The number of thiophene rings is 1. The molecule has 6 heteroatoms. The summed E-state index contributed by atoms with van der Waals surface area (Å²) >= 11 is 1.39. The van der Waals surface area contributed by atoms with Gasteiger partial charge in [0.25, 0.3) is 0 Å². The summed E-state index contributed by atoms with van der Waals surface area (Å²) in [5.74, 6) is 1.19. The van der Waals surface area contributed by atoms with Crippen LogP contribution in [0, 0.1) is 0 Å². The second-order valence-corrected chi connectivity index (χ2v) is 8.04. The Kier molecular flexibility index (Phi) is 4.01. The predicted octanol–water partition coefficient (Wildman–Crippen LogP) is 4.15. The summed E-state index contributed by atoms with van der Waals surface area (Å²) in [5, 5.41) is 0.904. The van der Waals surface area contributed by atoms with Gasteiger partial charge in [-0.25, -0.2) is 4.98 Å². The van der Waals surface area contributed by atoms with Gasteiger partial charge in [0.15, 0.2) is 11.5 Å². The zero-order valence-electron chi connectivity index (χ0n) is 14.9. The van der Waals surface area contributed by atoms with E-state index < -0.39 is 0 Å². The molecular formula is C21H20N2O3S. The number of pyridine rings is 1. The van der Waals surface area contributed by atoms with Crippen LogP contribution in [0.1, 0.15) is 45.8 Å². The monoisotopic (exact) mass is 380 g/mol. The van der Waals surface area contributed by atoms with Gasteiger partial charge in [-0.3, -0.25) is 4.79 Å². The predicted molar refractivity (Wildman–Crippen MR) is 106 cm³/mol. The van der Waals surface area contributed by atoms with Gasteiger partial charge in [-0.2, -0.15) is 0 Å². The van der Waals surface area contributed by atoms with Crippen LogP contribution in [0.15, 0.2) is 24.3 Å². The lowest BCUT2D eigenvalue weighted by atomic mass is 10.0. The van der Waals surface area contributed by atoms with Crippen LogP contribution in [0.5, 0.6) is 11.5 Å². The van der Waals surface area contributed by atoms with Crippen LogP contribution in [0.2, 0.25) is 0 Å². The van der Waals surface area contributed by atoms with E-state index in [9.17, 15) is 4.79 Å². The van der Waals surface area contributed by atoms with Gasteiger partial charge in [-0.05, 0) is 55.5 Å². The summed E-state index contributed by atoms with van der Waals surface area (Å²) < 4.78 is 11.1. The molecule has 3 heterocycles. The second-order valence-electron chi connectivity index (χ2n) is 7.04. The van der Waals surface area contributed by atoms with Crippen molar-refractivity contribution in [1.29, 1.82) is 0 Å². The molecule has 0 unspecified atom stereocenters. The molecule has 27 heavy (non-hydrogen) atoms. The number of rotatable bonds is 2. The molecular weight excluding hydrogens is 360 g/mol. The topological polar surface area (TPSA) is 74.4 Å². The van der Waals surface area contributed by atoms with E-state index in [1.165, 1.54) is 41.9 Å². The van der Waals surface area contributed by atoms with Crippen molar-refractivity contribution in [2.24, 2.45) is 0 Å². The molecule has 0 saturated heterocycles. The summed E-state index contributed by atoms with van der Waals surface area (Å²) in [6, 6.07) is 7.44. The van der Waals surface area contributed by atoms with Crippen molar-refractivity contribution in [1.82, 2.24) is 4.98 Å². The van der Waals surface area contributed by atoms with Crippen molar-refractivity contribution >= 4 is 33.0 Å². The van der Waals surface area contributed by atoms with E-state index in [0.29, 0.717) is 40.8 Å². The maximum atomic E-state index is 13.1. The fraction of sp³-hybridized carbons (Fsp3) is 0.333. The first kappa shape index (κ1) is 16.6. The number of carbonyl (C=O) groups excluding carboxylic acids is 1. The number of ether oxygens (including phenoxy) is 2. The molecule has 5 rings (SSSR count). The minimum absolute atomic E-state index is 0.0948. The van der Waals surface area contributed by atoms with Gasteiger partial charge in [0.2, 0.25) is 5.78 Å². The average molecular weight is 380 g/mol. The molecule has 138 valence electrons. The van der Waals surface area contributed by atoms with Crippen LogP contribution < -0.4 is 15.2 Å². The van der Waals surface area contributed by atoms with Gasteiger partial charge >= 0.3 is 0 Å². The van der Waals surface area contributed by atoms with Gasteiger partial charge in [-0.1, -0.05) is 6.42 Å². The van der Waals surface area contributed by atoms with Crippen molar-refractivity contribution in [2.75, 3.05) is 18.9 Å². The number of nitrogens with two attached hydrogens (primary N) is 1. The number of hydrogen-bond donors (Lipinski definition) is 1. The highest BCUT2D eigenvalue weighted by atomic mass is 32.1. The summed E-state index contributed by atoms with van der Waals surface area (Å²) in [4.78, 5) is 19.4. The van der Waals surface area contributed by atoms with Crippen LogP contribution in [-0.4, -0.2) is 24.0 Å². The lowest BCUT2D eigenvalue weighted by Gasteiger charge is -2.18. The van der Waals surface area contributed by atoms with Crippen LogP contribution in [0.25, 0.3) is 10.2 Å². The lowest BCUT2D eigenvalue weighted by Crippen LogP contribution is -2.15. The molecule has 1 aliphatic heterocycles. The molecule has 2 aliphatic rings. The highest BCUT2D eigenvalue weighted by Gasteiger charge is 2.22. The zero-order chi connectivity index (χ0) is 18.4. The number of aryl methyl sites for hydroxylation is 2. The third-order valence-electron chi connectivity index (χ3n) is 5.26. The van der Waals surface area contributed by atoms with E-state index in [0.717, 1.165) is 23.1 Å². The first-order chi connectivity index (χ1) is 13.2. The van der Waals surface area contributed by atoms with E-state index in [1.54, 1.807) is 18.2 Å². The SMILES string of the molecule is Nc1c(C(=O)c2ccc3c(c2)OCCO3)sc2nc3c(cc12)CCCCC3. The molecule has 0 spiro atoms.